The topological polar surface area (TPSA) is 6.48 Å². The summed E-state index contributed by atoms with van der Waals surface area (Å²) >= 11 is 0. The number of nitrogens with zero attached hydrogens (tertiary/aromatic N) is 2. The fraction of sp³-hybridized carbons (Fsp3) is 0.0566. The van der Waals surface area contributed by atoms with Gasteiger partial charge in [0, 0.05) is 28.2 Å². The molecule has 9 aromatic carbocycles. The summed E-state index contributed by atoms with van der Waals surface area (Å²) in [5, 5.41) is 5.11. The first-order valence-corrected chi connectivity index (χ1v) is 19.1. The van der Waals surface area contributed by atoms with Gasteiger partial charge in [-0.05, 0) is 134 Å². The van der Waals surface area contributed by atoms with Crippen molar-refractivity contribution in [2.24, 2.45) is 0 Å². The number of hydrogen-bond donors (Lipinski definition) is 0. The Morgan fingerprint density at radius 3 is 1.42 bits per heavy atom. The molecule has 2 nitrogen and oxygen atoms in total. The highest BCUT2D eigenvalue weighted by Gasteiger charge is 2.37. The number of hydrogen-bond acceptors (Lipinski definition) is 2. The largest absolute Gasteiger partial charge is 0.311 e. The van der Waals surface area contributed by atoms with Crippen LogP contribution in [0.5, 0.6) is 0 Å². The lowest BCUT2D eigenvalue weighted by molar-refractivity contribution is 0.632. The summed E-state index contributed by atoms with van der Waals surface area (Å²) in [6.45, 7) is 4.77. The van der Waals surface area contributed by atoms with Gasteiger partial charge in [0.25, 0.3) is 0 Å². The molecule has 1 aliphatic rings. The number of para-hydroxylation sites is 3. The van der Waals surface area contributed by atoms with Gasteiger partial charge in [0.1, 0.15) is 0 Å². The summed E-state index contributed by atoms with van der Waals surface area (Å²) in [5.41, 5.74) is 14.2. The van der Waals surface area contributed by atoms with Gasteiger partial charge in [-0.1, -0.05) is 141 Å². The molecule has 1 aliphatic heterocycles. The van der Waals surface area contributed by atoms with E-state index in [2.05, 4.69) is 230 Å². The summed E-state index contributed by atoms with van der Waals surface area (Å²) in [6, 6.07) is 75.1. The fourth-order valence-electron chi connectivity index (χ4n) is 8.54. The zero-order valence-corrected chi connectivity index (χ0v) is 31.0. The van der Waals surface area contributed by atoms with Crippen LogP contribution in [0.1, 0.15) is 25.0 Å². The predicted molar refractivity (Wildman–Crippen MR) is 234 cm³/mol. The van der Waals surface area contributed by atoms with Crippen molar-refractivity contribution in [3.8, 4) is 22.3 Å². The van der Waals surface area contributed by atoms with E-state index in [0.29, 0.717) is 0 Å². The Morgan fingerprint density at radius 1 is 0.364 bits per heavy atom. The maximum Gasteiger partial charge on any atom is 0.0503 e. The molecule has 0 spiro atoms. The van der Waals surface area contributed by atoms with E-state index in [1.165, 1.54) is 66.3 Å². The molecular weight excluding hydrogens is 665 g/mol. The molecule has 0 amide bonds. The maximum atomic E-state index is 2.44. The van der Waals surface area contributed by atoms with E-state index in [9.17, 15) is 0 Å². The Hall–Kier alpha value is -6.90. The smallest absolute Gasteiger partial charge is 0.0503 e. The van der Waals surface area contributed by atoms with Crippen LogP contribution in [0.15, 0.2) is 206 Å². The molecule has 10 rings (SSSR count). The molecule has 0 bridgehead atoms. The second-order valence-electron chi connectivity index (χ2n) is 15.0. The molecule has 0 N–H and O–H groups in total. The molecule has 9 aromatic rings. The minimum absolute atomic E-state index is 0.261. The van der Waals surface area contributed by atoms with Gasteiger partial charge in [-0.3, -0.25) is 0 Å². The average molecular weight is 705 g/mol. The molecule has 2 heteroatoms. The lowest BCUT2D eigenvalue weighted by atomic mass is 9.72. The van der Waals surface area contributed by atoms with Crippen molar-refractivity contribution >= 4 is 55.7 Å². The number of rotatable bonds is 6. The van der Waals surface area contributed by atoms with E-state index in [1.54, 1.807) is 0 Å². The highest BCUT2D eigenvalue weighted by Crippen LogP contribution is 2.53. The molecule has 0 atom stereocenters. The second kappa shape index (κ2) is 13.2. The van der Waals surface area contributed by atoms with Crippen LogP contribution in [0.3, 0.4) is 0 Å². The van der Waals surface area contributed by atoms with E-state index >= 15 is 0 Å². The van der Waals surface area contributed by atoms with Gasteiger partial charge in [0.05, 0.1) is 11.4 Å². The molecular formula is C53H40N2. The Morgan fingerprint density at radius 2 is 0.800 bits per heavy atom. The standard InChI is InChI=1S/C53H40N2/c1-53(2)49-35-41(37-26-30-46(31-27-37)54(43-15-6-3-7-16-43)44-17-8-4-9-18-44)28-32-51(49)55(45-19-10-5-11-20-45)52-33-29-42(36-50(52)53)40-25-24-39-23-22-38-14-12-13-21-47(38)48(39)34-40/h3-36H,1-2H3. The quantitative estimate of drug-likeness (QED) is 0.159. The van der Waals surface area contributed by atoms with Gasteiger partial charge in [-0.15, -0.1) is 0 Å². The average Bonchev–Trinajstić information content (AvgIpc) is 3.25. The van der Waals surface area contributed by atoms with Crippen LogP contribution in [-0.4, -0.2) is 0 Å². The Bertz CT molecular complexity index is 2780. The van der Waals surface area contributed by atoms with Crippen molar-refractivity contribution in [1.29, 1.82) is 0 Å². The van der Waals surface area contributed by atoms with Gasteiger partial charge in [-0.25, -0.2) is 0 Å². The highest BCUT2D eigenvalue weighted by molar-refractivity contribution is 6.08. The van der Waals surface area contributed by atoms with Crippen LogP contribution < -0.4 is 9.80 Å². The van der Waals surface area contributed by atoms with Crippen LogP contribution >= 0.6 is 0 Å². The van der Waals surface area contributed by atoms with Crippen LogP contribution in [0.2, 0.25) is 0 Å². The predicted octanol–water partition coefficient (Wildman–Crippen LogP) is 14.9. The monoisotopic (exact) mass is 704 g/mol. The second-order valence-corrected chi connectivity index (χ2v) is 15.0. The first kappa shape index (κ1) is 32.7. The van der Waals surface area contributed by atoms with Crippen LogP contribution in [-0.2, 0) is 5.41 Å². The molecule has 0 saturated heterocycles. The summed E-state index contributed by atoms with van der Waals surface area (Å²) < 4.78 is 0. The summed E-state index contributed by atoms with van der Waals surface area (Å²) in [7, 11) is 0. The van der Waals surface area contributed by atoms with Crippen LogP contribution in [0.25, 0.3) is 43.8 Å². The first-order valence-electron chi connectivity index (χ1n) is 19.1. The van der Waals surface area contributed by atoms with Crippen molar-refractivity contribution in [3.63, 3.8) is 0 Å². The Balaban J connectivity index is 1.08. The van der Waals surface area contributed by atoms with E-state index in [0.717, 1.165) is 22.7 Å². The normalized spacial score (nSPS) is 13.0. The summed E-state index contributed by atoms with van der Waals surface area (Å²) in [6.07, 6.45) is 0. The lowest BCUT2D eigenvalue weighted by Gasteiger charge is -2.42. The van der Waals surface area contributed by atoms with E-state index in [4.69, 9.17) is 0 Å². The Labute approximate surface area is 323 Å². The first-order chi connectivity index (χ1) is 27.0. The molecule has 0 aromatic heterocycles. The van der Waals surface area contributed by atoms with E-state index < -0.39 is 0 Å². The zero-order valence-electron chi connectivity index (χ0n) is 31.0. The molecule has 0 unspecified atom stereocenters. The van der Waals surface area contributed by atoms with E-state index in [-0.39, 0.29) is 5.41 Å². The fourth-order valence-corrected chi connectivity index (χ4v) is 8.54. The third-order valence-electron chi connectivity index (χ3n) is 11.4. The lowest BCUT2D eigenvalue weighted by Crippen LogP contribution is -2.30. The summed E-state index contributed by atoms with van der Waals surface area (Å²) in [5.74, 6) is 0. The van der Waals surface area contributed by atoms with Crippen molar-refractivity contribution in [2.75, 3.05) is 9.80 Å². The maximum absolute atomic E-state index is 2.44. The third kappa shape index (κ3) is 5.66. The van der Waals surface area contributed by atoms with Gasteiger partial charge in [-0.2, -0.15) is 0 Å². The Kier molecular flexibility index (Phi) is 7.85. The molecule has 0 saturated carbocycles. The molecule has 1 heterocycles. The highest BCUT2D eigenvalue weighted by atomic mass is 15.2. The van der Waals surface area contributed by atoms with Gasteiger partial charge >= 0.3 is 0 Å². The van der Waals surface area contributed by atoms with Gasteiger partial charge in [0.15, 0.2) is 0 Å². The zero-order chi connectivity index (χ0) is 36.9. The van der Waals surface area contributed by atoms with Crippen molar-refractivity contribution in [1.82, 2.24) is 0 Å². The minimum Gasteiger partial charge on any atom is -0.311 e. The molecule has 55 heavy (non-hydrogen) atoms. The number of anilines is 6. The number of fused-ring (bicyclic) bond motifs is 5. The van der Waals surface area contributed by atoms with Gasteiger partial charge in [0.2, 0.25) is 0 Å². The molecule has 0 aliphatic carbocycles. The van der Waals surface area contributed by atoms with Crippen molar-refractivity contribution in [3.05, 3.63) is 217 Å². The van der Waals surface area contributed by atoms with Gasteiger partial charge < -0.3 is 9.80 Å². The van der Waals surface area contributed by atoms with Crippen LogP contribution in [0, 0.1) is 0 Å². The van der Waals surface area contributed by atoms with Crippen molar-refractivity contribution < 1.29 is 0 Å². The van der Waals surface area contributed by atoms with E-state index in [1.807, 2.05) is 0 Å². The molecule has 0 fully saturated rings. The SMILES string of the molecule is CC1(C)c2cc(-c3ccc(N(c4ccccc4)c4ccccc4)cc3)ccc2N(c2ccccc2)c2ccc(-c3ccc4ccc5ccccc5c4c3)cc21. The number of benzene rings is 9. The minimum atomic E-state index is -0.261. The third-order valence-corrected chi connectivity index (χ3v) is 11.4. The molecule has 0 radical (unpaired) electrons. The summed E-state index contributed by atoms with van der Waals surface area (Å²) in [4.78, 5) is 4.75. The molecule has 262 valence electrons. The van der Waals surface area contributed by atoms with Crippen molar-refractivity contribution in [2.45, 2.75) is 19.3 Å². The van der Waals surface area contributed by atoms with Crippen LogP contribution in [0.4, 0.5) is 34.1 Å².